The van der Waals surface area contributed by atoms with Crippen molar-refractivity contribution in [3.8, 4) is 11.4 Å². The molecule has 7 nitrogen and oxygen atoms in total. The van der Waals surface area contributed by atoms with E-state index in [4.69, 9.17) is 0 Å². The lowest BCUT2D eigenvalue weighted by Crippen LogP contribution is -2.36. The molecule has 1 fully saturated rings. The van der Waals surface area contributed by atoms with Crippen LogP contribution >= 0.6 is 0 Å². The summed E-state index contributed by atoms with van der Waals surface area (Å²) in [5, 5.41) is 2.63. The highest BCUT2D eigenvalue weighted by Crippen LogP contribution is 2.24. The molecule has 0 aliphatic carbocycles. The van der Waals surface area contributed by atoms with E-state index in [2.05, 4.69) is 10.1 Å². The Kier molecular flexibility index (Phi) is 6.42. The van der Waals surface area contributed by atoms with Gasteiger partial charge in [-0.2, -0.15) is 8.78 Å². The first-order valence-corrected chi connectivity index (χ1v) is 9.97. The molecule has 1 aromatic heterocycles. The first-order chi connectivity index (χ1) is 14.6. The Morgan fingerprint density at radius 3 is 2.39 bits per heavy atom. The van der Waals surface area contributed by atoms with E-state index < -0.39 is 24.6 Å². The molecule has 1 atom stereocenters. The number of amides is 3. The van der Waals surface area contributed by atoms with Gasteiger partial charge in [0.1, 0.15) is 11.8 Å². The Bertz CT molecular complexity index is 999. The van der Waals surface area contributed by atoms with Crippen molar-refractivity contribution in [2.24, 2.45) is 5.92 Å². The highest BCUT2D eigenvalue weighted by atomic mass is 19.3. The molecule has 1 unspecified atom stereocenters. The van der Waals surface area contributed by atoms with Crippen molar-refractivity contribution in [1.82, 2.24) is 14.8 Å². The van der Waals surface area contributed by atoms with E-state index in [9.17, 15) is 23.2 Å². The fraction of sp³-hybridized carbons (Fsp3) is 0.409. The number of rotatable bonds is 8. The zero-order valence-electron chi connectivity index (χ0n) is 17.8. The third-order valence-electron chi connectivity index (χ3n) is 5.17. The molecule has 1 saturated heterocycles. The van der Waals surface area contributed by atoms with Crippen molar-refractivity contribution in [2.45, 2.75) is 46.8 Å². The summed E-state index contributed by atoms with van der Waals surface area (Å²) < 4.78 is 30.9. The Balaban J connectivity index is 1.79. The molecule has 2 aromatic rings. The van der Waals surface area contributed by atoms with Gasteiger partial charge in [0.2, 0.25) is 0 Å². The summed E-state index contributed by atoms with van der Waals surface area (Å²) in [6.45, 7) is 4.21. The normalized spacial score (nSPS) is 16.4. The summed E-state index contributed by atoms with van der Waals surface area (Å²) in [6, 6.07) is 6.58. The number of aromatic nitrogens is 1. The number of hydrogen-bond donors (Lipinski definition) is 1. The number of imide groups is 1. The van der Waals surface area contributed by atoms with Gasteiger partial charge in [-0.1, -0.05) is 13.8 Å². The summed E-state index contributed by atoms with van der Waals surface area (Å²) in [5.74, 6) is -0.491. The molecule has 1 aromatic carbocycles. The van der Waals surface area contributed by atoms with E-state index in [1.54, 1.807) is 36.6 Å². The fourth-order valence-electron chi connectivity index (χ4n) is 3.81. The maximum absolute atomic E-state index is 12.9. The summed E-state index contributed by atoms with van der Waals surface area (Å²) >= 11 is 0. The topological polar surface area (TPSA) is 80.6 Å². The predicted molar refractivity (Wildman–Crippen MR) is 110 cm³/mol. The van der Waals surface area contributed by atoms with E-state index in [1.807, 2.05) is 13.8 Å². The van der Waals surface area contributed by atoms with Crippen LogP contribution in [0.25, 0.3) is 5.69 Å². The van der Waals surface area contributed by atoms with Gasteiger partial charge in [0.05, 0.1) is 6.54 Å². The minimum Gasteiger partial charge on any atom is -0.435 e. The molecule has 1 aliphatic rings. The van der Waals surface area contributed by atoms with Crippen LogP contribution in [0.3, 0.4) is 0 Å². The van der Waals surface area contributed by atoms with E-state index in [0.717, 1.165) is 10.6 Å². The monoisotopic (exact) mass is 433 g/mol. The molecule has 2 heterocycles. The molecule has 166 valence electrons. The van der Waals surface area contributed by atoms with Crippen molar-refractivity contribution in [1.29, 1.82) is 0 Å². The van der Waals surface area contributed by atoms with Crippen LogP contribution in [0.1, 0.15) is 42.0 Å². The number of carbonyl (C=O) groups excluding carboxylic acids is 3. The Morgan fingerprint density at radius 1 is 1.16 bits per heavy atom. The Morgan fingerprint density at radius 2 is 1.81 bits per heavy atom. The standard InChI is InChI=1S/C22H25F2N3O4/c1-12(2)9-18-20(29)26(22(30)25-18)11-19(28)17-10-13(3)27(14(17)4)15-5-7-16(8-6-15)31-21(23)24/h5-8,10,12,18,21H,9,11H2,1-4H3,(H,25,30). The van der Waals surface area contributed by atoms with Crippen LogP contribution in [-0.2, 0) is 4.79 Å². The number of ether oxygens (including phenoxy) is 1. The van der Waals surface area contributed by atoms with Crippen molar-refractivity contribution in [3.05, 3.63) is 47.3 Å². The van der Waals surface area contributed by atoms with Gasteiger partial charge in [-0.25, -0.2) is 4.79 Å². The van der Waals surface area contributed by atoms with E-state index in [0.29, 0.717) is 23.4 Å². The molecule has 3 amide bonds. The Labute approximate surface area is 179 Å². The van der Waals surface area contributed by atoms with Crippen LogP contribution < -0.4 is 10.1 Å². The van der Waals surface area contributed by atoms with Crippen LogP contribution in [0, 0.1) is 19.8 Å². The second-order valence-corrected chi connectivity index (χ2v) is 7.97. The molecule has 1 aliphatic heterocycles. The number of halogens is 2. The predicted octanol–water partition coefficient (Wildman–Crippen LogP) is 3.84. The number of nitrogens with zero attached hydrogens (tertiary/aromatic N) is 2. The van der Waals surface area contributed by atoms with Crippen LogP contribution in [-0.4, -0.2) is 46.4 Å². The second kappa shape index (κ2) is 8.87. The number of hydrogen-bond acceptors (Lipinski definition) is 4. The third-order valence-corrected chi connectivity index (χ3v) is 5.17. The zero-order valence-corrected chi connectivity index (χ0v) is 17.8. The number of benzene rings is 1. The summed E-state index contributed by atoms with van der Waals surface area (Å²) in [5.41, 5.74) is 2.43. The van der Waals surface area contributed by atoms with Gasteiger partial charge in [0.25, 0.3) is 5.91 Å². The van der Waals surface area contributed by atoms with Crippen molar-refractivity contribution >= 4 is 17.7 Å². The number of alkyl halides is 2. The maximum Gasteiger partial charge on any atom is 0.387 e. The number of nitrogens with one attached hydrogen (secondary N) is 1. The summed E-state index contributed by atoms with van der Waals surface area (Å²) in [6.07, 6.45) is 0.509. The lowest BCUT2D eigenvalue weighted by atomic mass is 10.0. The van der Waals surface area contributed by atoms with Crippen molar-refractivity contribution in [2.75, 3.05) is 6.54 Å². The lowest BCUT2D eigenvalue weighted by molar-refractivity contribution is -0.127. The van der Waals surface area contributed by atoms with Gasteiger partial charge in [-0.15, -0.1) is 0 Å². The van der Waals surface area contributed by atoms with Gasteiger partial charge < -0.3 is 14.6 Å². The molecule has 31 heavy (non-hydrogen) atoms. The molecule has 9 heteroatoms. The van der Waals surface area contributed by atoms with Gasteiger partial charge in [0, 0.05) is 22.6 Å². The van der Waals surface area contributed by atoms with Gasteiger partial charge in [0.15, 0.2) is 5.78 Å². The minimum absolute atomic E-state index is 0.0343. The van der Waals surface area contributed by atoms with E-state index >= 15 is 0 Å². The molecular weight excluding hydrogens is 408 g/mol. The Hall–Kier alpha value is -3.23. The number of Topliss-reactive ketones (excluding diaryl/α,β-unsaturated/α-hetero) is 1. The van der Waals surface area contributed by atoms with Gasteiger partial charge in [-0.05, 0) is 56.5 Å². The van der Waals surface area contributed by atoms with Crippen LogP contribution in [0.4, 0.5) is 13.6 Å². The molecule has 0 bridgehead atoms. The molecular formula is C22H25F2N3O4. The highest BCUT2D eigenvalue weighted by Gasteiger charge is 2.39. The molecule has 0 spiro atoms. The number of carbonyl (C=O) groups is 3. The van der Waals surface area contributed by atoms with Gasteiger partial charge >= 0.3 is 12.6 Å². The average Bonchev–Trinajstić information content (AvgIpc) is 3.11. The molecule has 0 saturated carbocycles. The van der Waals surface area contributed by atoms with E-state index in [1.165, 1.54) is 12.1 Å². The lowest BCUT2D eigenvalue weighted by Gasteiger charge is -2.14. The molecule has 0 radical (unpaired) electrons. The number of urea groups is 1. The van der Waals surface area contributed by atoms with E-state index in [-0.39, 0.29) is 24.0 Å². The second-order valence-electron chi connectivity index (χ2n) is 7.97. The molecule has 3 rings (SSSR count). The smallest absolute Gasteiger partial charge is 0.387 e. The fourth-order valence-corrected chi connectivity index (χ4v) is 3.81. The van der Waals surface area contributed by atoms with Crippen molar-refractivity contribution < 1.29 is 27.9 Å². The number of ketones is 1. The van der Waals surface area contributed by atoms with Crippen LogP contribution in [0.2, 0.25) is 0 Å². The molecule has 1 N–H and O–H groups in total. The summed E-state index contributed by atoms with van der Waals surface area (Å²) in [4.78, 5) is 38.6. The number of aryl methyl sites for hydroxylation is 1. The SMILES string of the molecule is Cc1cc(C(=O)CN2C(=O)NC(CC(C)C)C2=O)c(C)n1-c1ccc(OC(F)F)cc1. The van der Waals surface area contributed by atoms with Crippen LogP contribution in [0.15, 0.2) is 30.3 Å². The largest absolute Gasteiger partial charge is 0.435 e. The quantitative estimate of drug-likeness (QED) is 0.507. The van der Waals surface area contributed by atoms with Gasteiger partial charge in [-0.3, -0.25) is 14.5 Å². The average molecular weight is 433 g/mol. The van der Waals surface area contributed by atoms with Crippen molar-refractivity contribution in [3.63, 3.8) is 0 Å². The first kappa shape index (κ1) is 22.5. The third kappa shape index (κ3) is 4.76. The minimum atomic E-state index is -2.91. The summed E-state index contributed by atoms with van der Waals surface area (Å²) in [7, 11) is 0. The zero-order chi connectivity index (χ0) is 22.9. The highest BCUT2D eigenvalue weighted by molar-refractivity contribution is 6.09. The van der Waals surface area contributed by atoms with Crippen LogP contribution in [0.5, 0.6) is 5.75 Å². The maximum atomic E-state index is 12.9. The first-order valence-electron chi connectivity index (χ1n) is 9.97.